The van der Waals surface area contributed by atoms with E-state index in [-0.39, 0.29) is 11.8 Å². The number of anilines is 1. The van der Waals surface area contributed by atoms with Gasteiger partial charge in [0.1, 0.15) is 0 Å². The highest BCUT2D eigenvalue weighted by molar-refractivity contribution is 5.91. The quantitative estimate of drug-likeness (QED) is 0.857. The maximum Gasteiger partial charge on any atom is 0.341 e. The van der Waals surface area contributed by atoms with Crippen LogP contribution in [0.4, 0.5) is 10.6 Å². The van der Waals surface area contributed by atoms with Crippen LogP contribution in [-0.2, 0) is 4.79 Å². The van der Waals surface area contributed by atoms with Crippen LogP contribution >= 0.6 is 0 Å². The molecular formula is C14H22N6O2. The van der Waals surface area contributed by atoms with Gasteiger partial charge >= 0.3 is 6.03 Å². The molecule has 1 aliphatic rings. The second-order valence-corrected chi connectivity index (χ2v) is 5.37. The molecular weight excluding hydrogens is 284 g/mol. The molecule has 120 valence electrons. The van der Waals surface area contributed by atoms with Crippen LogP contribution in [0.2, 0.25) is 0 Å². The van der Waals surface area contributed by atoms with E-state index in [1.165, 1.54) is 28.6 Å². The fourth-order valence-corrected chi connectivity index (χ4v) is 2.26. The van der Waals surface area contributed by atoms with Crippen molar-refractivity contribution >= 4 is 17.8 Å². The van der Waals surface area contributed by atoms with Crippen LogP contribution in [-0.4, -0.2) is 51.1 Å². The second-order valence-electron chi connectivity index (χ2n) is 5.37. The molecule has 8 nitrogen and oxygen atoms in total. The topological polar surface area (TPSA) is 104 Å². The number of carbonyl (C=O) groups is 2. The first kappa shape index (κ1) is 16.2. The van der Waals surface area contributed by atoms with Gasteiger partial charge in [-0.1, -0.05) is 20.3 Å². The number of hydrogen-bond acceptors (Lipinski definition) is 5. The summed E-state index contributed by atoms with van der Waals surface area (Å²) < 4.78 is 0. The third-order valence-electron chi connectivity index (χ3n) is 3.86. The summed E-state index contributed by atoms with van der Waals surface area (Å²) in [6, 6.07) is -1.00. The van der Waals surface area contributed by atoms with Crippen LogP contribution in [0.15, 0.2) is 18.6 Å². The van der Waals surface area contributed by atoms with Gasteiger partial charge in [0, 0.05) is 25.5 Å². The van der Waals surface area contributed by atoms with E-state index in [4.69, 9.17) is 5.73 Å². The van der Waals surface area contributed by atoms with E-state index in [0.29, 0.717) is 18.9 Å². The van der Waals surface area contributed by atoms with Gasteiger partial charge in [0.15, 0.2) is 5.82 Å². The molecule has 3 amide bonds. The summed E-state index contributed by atoms with van der Waals surface area (Å²) in [5, 5.41) is 5.45. The zero-order valence-corrected chi connectivity index (χ0v) is 12.9. The fraction of sp³-hybridized carbons (Fsp3) is 0.571. The minimum absolute atomic E-state index is 0.0676. The lowest BCUT2D eigenvalue weighted by Gasteiger charge is -2.31. The maximum absolute atomic E-state index is 12.5. The maximum atomic E-state index is 12.5. The molecule has 3 N–H and O–H groups in total. The number of hydrogen-bond donors (Lipinski definition) is 2. The first-order chi connectivity index (χ1) is 10.5. The summed E-state index contributed by atoms with van der Waals surface area (Å²) in [5.41, 5.74) is 5.99. The molecule has 0 radical (unpaired) electrons. The van der Waals surface area contributed by atoms with E-state index < -0.39 is 12.1 Å². The highest BCUT2D eigenvalue weighted by atomic mass is 16.2. The van der Waals surface area contributed by atoms with E-state index in [2.05, 4.69) is 15.3 Å². The van der Waals surface area contributed by atoms with Crippen molar-refractivity contribution in [2.75, 3.05) is 18.4 Å². The summed E-state index contributed by atoms with van der Waals surface area (Å²) in [6.45, 7) is 4.89. The Kier molecular flexibility index (Phi) is 5.26. The predicted octanol–water partition coefficient (Wildman–Crippen LogP) is 0.831. The lowest BCUT2D eigenvalue weighted by Crippen LogP contribution is -2.53. The van der Waals surface area contributed by atoms with Gasteiger partial charge in [-0.2, -0.15) is 0 Å². The summed E-state index contributed by atoms with van der Waals surface area (Å²) in [5.74, 6) is 0.192. The molecule has 1 saturated heterocycles. The number of nitrogens with two attached hydrogens (primary N) is 1. The van der Waals surface area contributed by atoms with Gasteiger partial charge in [-0.05, 0) is 12.3 Å². The lowest BCUT2D eigenvalue weighted by molar-refractivity contribution is -0.142. The smallest absolute Gasteiger partial charge is 0.320 e. The molecule has 2 rings (SSSR count). The molecule has 1 aliphatic heterocycles. The zero-order chi connectivity index (χ0) is 16.1. The molecule has 0 bridgehead atoms. The SMILES string of the molecule is CCC(C)[C@H](N)C(=O)N1CCCN1C(=O)Nc1cnccn1. The Morgan fingerprint density at radius 3 is 2.73 bits per heavy atom. The largest absolute Gasteiger partial charge is 0.341 e. The average Bonchev–Trinajstić information content (AvgIpc) is 3.03. The van der Waals surface area contributed by atoms with Crippen LogP contribution in [0, 0.1) is 5.92 Å². The van der Waals surface area contributed by atoms with Crippen molar-refractivity contribution in [3.63, 3.8) is 0 Å². The summed E-state index contributed by atoms with van der Waals surface area (Å²) >= 11 is 0. The van der Waals surface area contributed by atoms with Crippen molar-refractivity contribution < 1.29 is 9.59 Å². The van der Waals surface area contributed by atoms with E-state index in [1.807, 2.05) is 13.8 Å². The average molecular weight is 306 g/mol. The van der Waals surface area contributed by atoms with Gasteiger partial charge in [-0.15, -0.1) is 0 Å². The molecule has 1 aromatic rings. The Balaban J connectivity index is 2.03. The summed E-state index contributed by atoms with van der Waals surface area (Å²) in [6.07, 6.45) is 6.00. The van der Waals surface area contributed by atoms with Crippen LogP contribution in [0.5, 0.6) is 0 Å². The van der Waals surface area contributed by atoms with Crippen LogP contribution < -0.4 is 11.1 Å². The molecule has 0 aliphatic carbocycles. The molecule has 2 heterocycles. The lowest BCUT2D eigenvalue weighted by atomic mass is 9.99. The molecule has 1 aromatic heterocycles. The van der Waals surface area contributed by atoms with E-state index in [1.54, 1.807) is 0 Å². The van der Waals surface area contributed by atoms with Crippen LogP contribution in [0.3, 0.4) is 0 Å². The number of hydrazine groups is 1. The molecule has 2 atom stereocenters. The van der Waals surface area contributed by atoms with Crippen molar-refractivity contribution in [2.24, 2.45) is 11.7 Å². The molecule has 0 aromatic carbocycles. The Morgan fingerprint density at radius 1 is 1.36 bits per heavy atom. The molecule has 22 heavy (non-hydrogen) atoms. The van der Waals surface area contributed by atoms with E-state index in [9.17, 15) is 9.59 Å². The number of rotatable bonds is 4. The number of urea groups is 1. The Hall–Kier alpha value is -2.22. The van der Waals surface area contributed by atoms with Gasteiger partial charge in [0.05, 0.1) is 12.2 Å². The fourth-order valence-electron chi connectivity index (χ4n) is 2.26. The van der Waals surface area contributed by atoms with Crippen molar-refractivity contribution in [2.45, 2.75) is 32.7 Å². The van der Waals surface area contributed by atoms with Crippen molar-refractivity contribution in [1.82, 2.24) is 20.0 Å². The molecule has 0 spiro atoms. The number of carbonyl (C=O) groups excluding carboxylic acids is 2. The van der Waals surface area contributed by atoms with E-state index in [0.717, 1.165) is 12.8 Å². The normalized spacial score (nSPS) is 17.2. The van der Waals surface area contributed by atoms with Crippen LogP contribution in [0.1, 0.15) is 26.7 Å². The van der Waals surface area contributed by atoms with Gasteiger partial charge < -0.3 is 5.73 Å². The van der Waals surface area contributed by atoms with Crippen molar-refractivity contribution in [1.29, 1.82) is 0 Å². The number of nitrogens with one attached hydrogen (secondary N) is 1. The van der Waals surface area contributed by atoms with Gasteiger partial charge in [0.2, 0.25) is 0 Å². The van der Waals surface area contributed by atoms with Crippen molar-refractivity contribution in [3.8, 4) is 0 Å². The number of amides is 3. The number of nitrogens with zero attached hydrogens (tertiary/aromatic N) is 4. The van der Waals surface area contributed by atoms with Crippen LogP contribution in [0.25, 0.3) is 0 Å². The molecule has 1 unspecified atom stereocenters. The third kappa shape index (κ3) is 3.51. The zero-order valence-electron chi connectivity index (χ0n) is 12.9. The minimum Gasteiger partial charge on any atom is -0.320 e. The minimum atomic E-state index is -0.602. The van der Waals surface area contributed by atoms with Gasteiger partial charge in [0.25, 0.3) is 5.91 Å². The second kappa shape index (κ2) is 7.17. The monoisotopic (exact) mass is 306 g/mol. The molecule has 1 fully saturated rings. The highest BCUT2D eigenvalue weighted by Crippen LogP contribution is 2.16. The summed E-state index contributed by atoms with van der Waals surface area (Å²) in [4.78, 5) is 32.6. The third-order valence-corrected chi connectivity index (χ3v) is 3.86. The van der Waals surface area contributed by atoms with Gasteiger partial charge in [-0.25, -0.2) is 19.8 Å². The predicted molar refractivity (Wildman–Crippen MR) is 81.5 cm³/mol. The highest BCUT2D eigenvalue weighted by Gasteiger charge is 2.34. The van der Waals surface area contributed by atoms with Crippen molar-refractivity contribution in [3.05, 3.63) is 18.6 Å². The van der Waals surface area contributed by atoms with E-state index >= 15 is 0 Å². The standard InChI is InChI=1S/C14H22N6O2/c1-3-10(2)12(15)13(21)19-7-4-8-20(19)14(22)18-11-9-16-5-6-17-11/h5-6,9-10,12H,3-4,7-8,15H2,1-2H3,(H,17,18,22)/t10?,12-/m0/s1. The Bertz CT molecular complexity index is 523. The Labute approximate surface area is 129 Å². The Morgan fingerprint density at radius 2 is 2.09 bits per heavy atom. The molecule has 0 saturated carbocycles. The number of aromatic nitrogens is 2. The first-order valence-corrected chi connectivity index (χ1v) is 7.46. The first-order valence-electron chi connectivity index (χ1n) is 7.46. The summed E-state index contributed by atoms with van der Waals surface area (Å²) in [7, 11) is 0. The van der Waals surface area contributed by atoms with Gasteiger partial charge in [-0.3, -0.25) is 15.1 Å². The molecule has 8 heteroatoms.